The number of nitrogens with one attached hydrogen (secondary N) is 3. The Bertz CT molecular complexity index is 1320. The maximum absolute atomic E-state index is 13.5. The predicted octanol–water partition coefficient (Wildman–Crippen LogP) is 4.51. The number of hydrogen-bond acceptors (Lipinski definition) is 4. The van der Waals surface area contributed by atoms with E-state index in [9.17, 15) is 9.59 Å². The average molecular weight is 437 g/mol. The van der Waals surface area contributed by atoms with Crippen LogP contribution in [0.15, 0.2) is 71.8 Å². The summed E-state index contributed by atoms with van der Waals surface area (Å²) in [6.07, 6.45) is 3.44. The van der Waals surface area contributed by atoms with Gasteiger partial charge in [0.15, 0.2) is 0 Å². The first-order valence-electron chi connectivity index (χ1n) is 11.3. The number of nitrogens with zero attached hydrogens (tertiary/aromatic N) is 1. The first kappa shape index (κ1) is 19.7. The third-order valence-corrected chi connectivity index (χ3v) is 7.25. The van der Waals surface area contributed by atoms with E-state index >= 15 is 0 Å². The van der Waals surface area contributed by atoms with Gasteiger partial charge in [-0.2, -0.15) is 5.10 Å². The second-order valence-corrected chi connectivity index (χ2v) is 9.21. The maximum atomic E-state index is 13.5. The molecule has 6 heteroatoms. The Kier molecular flexibility index (Phi) is 4.37. The molecule has 6 rings (SSSR count). The highest BCUT2D eigenvalue weighted by atomic mass is 16.2. The SMILES string of the molecule is CC1(C(=O)Nc2cc3c4c(c2)C(=O)NN=CC4C(c2ccccc2)N3)CCc2ccccc21. The highest BCUT2D eigenvalue weighted by Crippen LogP contribution is 2.47. The molecule has 3 aromatic rings. The summed E-state index contributed by atoms with van der Waals surface area (Å²) in [5.41, 5.74) is 8.34. The van der Waals surface area contributed by atoms with Gasteiger partial charge in [0, 0.05) is 29.1 Å². The summed E-state index contributed by atoms with van der Waals surface area (Å²) in [6.45, 7) is 2.00. The lowest BCUT2D eigenvalue weighted by Gasteiger charge is -2.25. The summed E-state index contributed by atoms with van der Waals surface area (Å²) in [7, 11) is 0. The van der Waals surface area contributed by atoms with Gasteiger partial charge in [0.25, 0.3) is 5.91 Å². The van der Waals surface area contributed by atoms with E-state index in [0.29, 0.717) is 11.3 Å². The van der Waals surface area contributed by atoms with Crippen LogP contribution < -0.4 is 16.1 Å². The molecule has 3 unspecified atom stereocenters. The Morgan fingerprint density at radius 2 is 1.88 bits per heavy atom. The van der Waals surface area contributed by atoms with Crippen molar-refractivity contribution in [3.05, 3.63) is 94.5 Å². The molecule has 0 fully saturated rings. The number of amides is 2. The third kappa shape index (κ3) is 3.05. The summed E-state index contributed by atoms with van der Waals surface area (Å²) in [4.78, 5) is 26.3. The topological polar surface area (TPSA) is 82.6 Å². The van der Waals surface area contributed by atoms with Crippen LogP contribution in [0.25, 0.3) is 0 Å². The number of benzene rings is 3. The van der Waals surface area contributed by atoms with Gasteiger partial charge < -0.3 is 10.6 Å². The Morgan fingerprint density at radius 1 is 1.09 bits per heavy atom. The van der Waals surface area contributed by atoms with Crippen LogP contribution in [0.3, 0.4) is 0 Å². The van der Waals surface area contributed by atoms with Crippen LogP contribution >= 0.6 is 0 Å². The second-order valence-electron chi connectivity index (χ2n) is 9.21. The molecule has 2 heterocycles. The number of hydrazone groups is 1. The molecular weight excluding hydrogens is 412 g/mol. The van der Waals surface area contributed by atoms with E-state index in [4.69, 9.17) is 0 Å². The number of anilines is 2. The van der Waals surface area contributed by atoms with Crippen LogP contribution in [0.1, 0.15) is 57.9 Å². The molecule has 2 aliphatic heterocycles. The first-order chi connectivity index (χ1) is 16.0. The van der Waals surface area contributed by atoms with Crippen molar-refractivity contribution in [2.24, 2.45) is 5.10 Å². The maximum Gasteiger partial charge on any atom is 0.271 e. The molecule has 3 aromatic carbocycles. The molecule has 3 N–H and O–H groups in total. The Balaban J connectivity index is 1.37. The van der Waals surface area contributed by atoms with Crippen molar-refractivity contribution in [3.8, 4) is 0 Å². The van der Waals surface area contributed by atoms with Crippen molar-refractivity contribution in [1.29, 1.82) is 0 Å². The summed E-state index contributed by atoms with van der Waals surface area (Å²) in [5.74, 6) is -0.409. The Labute approximate surface area is 192 Å². The first-order valence-corrected chi connectivity index (χ1v) is 11.3. The number of hydrogen-bond donors (Lipinski definition) is 3. The van der Waals surface area contributed by atoms with Crippen LogP contribution in [-0.2, 0) is 16.6 Å². The van der Waals surface area contributed by atoms with Crippen molar-refractivity contribution in [2.45, 2.75) is 37.1 Å². The summed E-state index contributed by atoms with van der Waals surface area (Å²) >= 11 is 0. The molecule has 3 aliphatic rings. The normalized spacial score (nSPS) is 24.3. The largest absolute Gasteiger partial charge is 0.377 e. The molecule has 0 saturated carbocycles. The number of aryl methyl sites for hydroxylation is 1. The smallest absolute Gasteiger partial charge is 0.271 e. The number of fused-ring (bicyclic) bond motifs is 1. The van der Waals surface area contributed by atoms with E-state index < -0.39 is 5.41 Å². The van der Waals surface area contributed by atoms with Gasteiger partial charge in [0.2, 0.25) is 5.91 Å². The van der Waals surface area contributed by atoms with Gasteiger partial charge >= 0.3 is 0 Å². The van der Waals surface area contributed by atoms with Crippen LogP contribution in [-0.4, -0.2) is 18.0 Å². The molecule has 0 saturated heterocycles. The molecule has 0 radical (unpaired) electrons. The summed E-state index contributed by atoms with van der Waals surface area (Å²) in [6, 6.07) is 21.9. The van der Waals surface area contributed by atoms with Crippen LogP contribution in [0, 0.1) is 0 Å². The minimum absolute atomic E-state index is 0.0402. The zero-order valence-electron chi connectivity index (χ0n) is 18.3. The van der Waals surface area contributed by atoms with Crippen LogP contribution in [0.2, 0.25) is 0 Å². The molecule has 1 aliphatic carbocycles. The number of carbonyl (C=O) groups excluding carboxylic acids is 2. The van der Waals surface area contributed by atoms with E-state index in [2.05, 4.69) is 39.4 Å². The van der Waals surface area contributed by atoms with E-state index in [0.717, 1.165) is 35.2 Å². The molecule has 0 aromatic heterocycles. The highest BCUT2D eigenvalue weighted by Gasteiger charge is 2.42. The van der Waals surface area contributed by atoms with Gasteiger partial charge in [-0.05, 0) is 54.2 Å². The fourth-order valence-corrected chi connectivity index (χ4v) is 5.46. The monoisotopic (exact) mass is 436 g/mol. The third-order valence-electron chi connectivity index (χ3n) is 7.25. The van der Waals surface area contributed by atoms with Gasteiger partial charge in [-0.25, -0.2) is 5.43 Å². The fraction of sp³-hybridized carbons (Fsp3) is 0.222. The van der Waals surface area contributed by atoms with Crippen LogP contribution in [0.4, 0.5) is 11.4 Å². The van der Waals surface area contributed by atoms with E-state index in [-0.39, 0.29) is 23.8 Å². The van der Waals surface area contributed by atoms with Gasteiger partial charge in [0.1, 0.15) is 0 Å². The molecule has 164 valence electrons. The number of carbonyl (C=O) groups is 2. The molecule has 33 heavy (non-hydrogen) atoms. The average Bonchev–Trinajstić information content (AvgIpc) is 3.32. The van der Waals surface area contributed by atoms with Gasteiger partial charge in [-0.15, -0.1) is 0 Å². The molecule has 3 atom stereocenters. The zero-order chi connectivity index (χ0) is 22.6. The van der Waals surface area contributed by atoms with E-state index in [1.807, 2.05) is 49.4 Å². The summed E-state index contributed by atoms with van der Waals surface area (Å²) < 4.78 is 0. The number of rotatable bonds is 3. The van der Waals surface area contributed by atoms with Gasteiger partial charge in [-0.3, -0.25) is 9.59 Å². The van der Waals surface area contributed by atoms with Crippen molar-refractivity contribution in [3.63, 3.8) is 0 Å². The lowest BCUT2D eigenvalue weighted by molar-refractivity contribution is -0.121. The Morgan fingerprint density at radius 3 is 2.73 bits per heavy atom. The predicted molar refractivity (Wildman–Crippen MR) is 129 cm³/mol. The molecular formula is C27H24N4O2. The quantitative estimate of drug-likeness (QED) is 0.565. The minimum Gasteiger partial charge on any atom is -0.377 e. The Hall–Kier alpha value is -3.93. The molecule has 0 spiro atoms. The van der Waals surface area contributed by atoms with Gasteiger partial charge in [0.05, 0.1) is 11.5 Å². The lowest BCUT2D eigenvalue weighted by atomic mass is 9.83. The lowest BCUT2D eigenvalue weighted by Crippen LogP contribution is -2.35. The molecule has 6 nitrogen and oxygen atoms in total. The van der Waals surface area contributed by atoms with Crippen molar-refractivity contribution in [2.75, 3.05) is 10.6 Å². The van der Waals surface area contributed by atoms with E-state index in [1.165, 1.54) is 5.56 Å². The highest BCUT2D eigenvalue weighted by molar-refractivity contribution is 6.05. The van der Waals surface area contributed by atoms with Crippen molar-refractivity contribution in [1.82, 2.24) is 5.43 Å². The fourth-order valence-electron chi connectivity index (χ4n) is 5.46. The van der Waals surface area contributed by atoms with Gasteiger partial charge in [-0.1, -0.05) is 54.6 Å². The minimum atomic E-state index is -0.600. The van der Waals surface area contributed by atoms with Crippen molar-refractivity contribution < 1.29 is 9.59 Å². The van der Waals surface area contributed by atoms with Crippen molar-refractivity contribution >= 4 is 29.4 Å². The second kappa shape index (κ2) is 7.30. The molecule has 2 amide bonds. The standard InChI is InChI=1S/C27H24N4O2/c1-27(12-11-16-7-5-6-10-21(16)27)26(33)29-18-13-19-23-20(15-28-31-25(19)32)24(30-22(23)14-18)17-8-3-2-4-9-17/h2-10,13-15,20,24,30H,11-12H2,1H3,(H,29,33)(H,31,32). The summed E-state index contributed by atoms with van der Waals surface area (Å²) in [5, 5.41) is 10.8. The molecule has 0 bridgehead atoms. The van der Waals surface area contributed by atoms with E-state index in [1.54, 1.807) is 12.3 Å². The van der Waals surface area contributed by atoms with Crippen LogP contribution in [0.5, 0.6) is 0 Å². The zero-order valence-corrected chi connectivity index (χ0v) is 18.3.